The zero-order chi connectivity index (χ0) is 29.1. The minimum Gasteiger partial charge on any atom is -0.356 e. The maximum atomic E-state index is 13.2. The first kappa shape index (κ1) is 27.4. The van der Waals surface area contributed by atoms with Gasteiger partial charge >= 0.3 is 0 Å². The third-order valence-electron chi connectivity index (χ3n) is 11.3. The lowest BCUT2D eigenvalue weighted by Gasteiger charge is -2.55. The summed E-state index contributed by atoms with van der Waals surface area (Å²) in [7, 11) is 0. The van der Waals surface area contributed by atoms with E-state index in [0.29, 0.717) is 18.3 Å². The summed E-state index contributed by atoms with van der Waals surface area (Å²) in [6.07, 6.45) is 8.48. The van der Waals surface area contributed by atoms with Crippen LogP contribution in [0.2, 0.25) is 0 Å². The maximum absolute atomic E-state index is 13.2. The lowest BCUT2D eigenvalue weighted by molar-refractivity contribution is -0.122. The van der Waals surface area contributed by atoms with Gasteiger partial charge in [-0.05, 0) is 116 Å². The minimum atomic E-state index is 0.142. The highest BCUT2D eigenvalue weighted by molar-refractivity contribution is 6.23. The Morgan fingerprint density at radius 1 is 0.905 bits per heavy atom. The standard InChI is InChI=1S/C40H45NO/c1-26(2)31-17-20-34-32(24-31)18-21-35-39(3,22-7-23-40(34,35)4)25-41-36(42)11-6-8-27-12-13-30-15-14-28-9-5-10-29-16-19-33(27)38(30)37(28)29/h5,9-10,12-17,19-20,24,26,35H,6-8,11,18,21-23,25H2,1-4H3,(H,41,42)/t35-,39-,40+/m0/s1. The summed E-state index contributed by atoms with van der Waals surface area (Å²) in [5.41, 5.74) is 6.31. The molecule has 0 bridgehead atoms. The van der Waals surface area contributed by atoms with Gasteiger partial charge in [-0.15, -0.1) is 0 Å². The summed E-state index contributed by atoms with van der Waals surface area (Å²) in [6, 6.07) is 27.4. The molecule has 2 aliphatic rings. The van der Waals surface area contributed by atoms with E-state index in [1.165, 1.54) is 75.5 Å². The first-order chi connectivity index (χ1) is 20.3. The lowest BCUT2D eigenvalue weighted by Crippen LogP contribution is -2.53. The number of carbonyl (C=O) groups excluding carboxylic acids is 1. The molecule has 3 atom stereocenters. The SMILES string of the molecule is CC(C)c1ccc2c(c1)CC[C@H]1[C@](C)(CNC(=O)CCCc3ccc4ccc5cccc6ccc3c4c56)CCC[C@]21C. The molecule has 0 saturated heterocycles. The van der Waals surface area contributed by atoms with Crippen molar-refractivity contribution in [2.45, 2.75) is 90.4 Å². The van der Waals surface area contributed by atoms with Crippen LogP contribution < -0.4 is 5.32 Å². The minimum absolute atomic E-state index is 0.142. The van der Waals surface area contributed by atoms with Gasteiger partial charge in [0.05, 0.1) is 0 Å². The first-order valence-electron chi connectivity index (χ1n) is 16.3. The molecule has 0 radical (unpaired) electrons. The van der Waals surface area contributed by atoms with Gasteiger partial charge in [0.1, 0.15) is 0 Å². The number of benzene rings is 5. The van der Waals surface area contributed by atoms with Crippen molar-refractivity contribution in [3.63, 3.8) is 0 Å². The molecule has 216 valence electrons. The summed E-state index contributed by atoms with van der Waals surface area (Å²) < 4.78 is 0. The van der Waals surface area contributed by atoms with E-state index in [-0.39, 0.29) is 16.7 Å². The van der Waals surface area contributed by atoms with Gasteiger partial charge < -0.3 is 5.32 Å². The fourth-order valence-electron chi connectivity index (χ4n) is 9.06. The molecule has 2 nitrogen and oxygen atoms in total. The van der Waals surface area contributed by atoms with E-state index in [4.69, 9.17) is 0 Å². The topological polar surface area (TPSA) is 29.1 Å². The van der Waals surface area contributed by atoms with Crippen molar-refractivity contribution >= 4 is 38.2 Å². The number of aryl methyl sites for hydroxylation is 2. The number of carbonyl (C=O) groups is 1. The van der Waals surface area contributed by atoms with Crippen LogP contribution in [-0.4, -0.2) is 12.5 Å². The average molecular weight is 556 g/mol. The van der Waals surface area contributed by atoms with Crippen molar-refractivity contribution in [3.05, 3.63) is 95.1 Å². The predicted molar refractivity (Wildman–Crippen MR) is 178 cm³/mol. The maximum Gasteiger partial charge on any atom is 0.220 e. The molecule has 0 spiro atoms. The Hall–Kier alpha value is -3.39. The molecule has 5 aromatic rings. The second kappa shape index (κ2) is 10.4. The monoisotopic (exact) mass is 555 g/mol. The van der Waals surface area contributed by atoms with E-state index < -0.39 is 0 Å². The molecular formula is C40H45NO. The van der Waals surface area contributed by atoms with Crippen LogP contribution in [0.1, 0.15) is 94.4 Å². The van der Waals surface area contributed by atoms with Crippen molar-refractivity contribution in [1.82, 2.24) is 5.32 Å². The van der Waals surface area contributed by atoms with Crippen molar-refractivity contribution in [2.75, 3.05) is 6.54 Å². The van der Waals surface area contributed by atoms with Crippen LogP contribution in [0.3, 0.4) is 0 Å². The summed E-state index contributed by atoms with van der Waals surface area (Å²) in [5, 5.41) is 11.4. The van der Waals surface area contributed by atoms with Gasteiger partial charge in [-0.1, -0.05) is 107 Å². The van der Waals surface area contributed by atoms with Crippen LogP contribution in [0.5, 0.6) is 0 Å². The van der Waals surface area contributed by atoms with E-state index in [1.54, 1.807) is 11.1 Å². The van der Waals surface area contributed by atoms with Gasteiger partial charge in [0.25, 0.3) is 0 Å². The highest BCUT2D eigenvalue weighted by Gasteiger charge is 2.51. The van der Waals surface area contributed by atoms with Gasteiger partial charge in [-0.25, -0.2) is 0 Å². The van der Waals surface area contributed by atoms with Crippen LogP contribution in [0.4, 0.5) is 0 Å². The van der Waals surface area contributed by atoms with Gasteiger partial charge in [0.15, 0.2) is 0 Å². The molecule has 2 aliphatic carbocycles. The third kappa shape index (κ3) is 4.50. The van der Waals surface area contributed by atoms with Crippen molar-refractivity contribution in [1.29, 1.82) is 0 Å². The fourth-order valence-corrected chi connectivity index (χ4v) is 9.06. The highest BCUT2D eigenvalue weighted by Crippen LogP contribution is 2.57. The molecular weight excluding hydrogens is 510 g/mol. The normalized spacial score (nSPS) is 23.9. The Bertz CT molecular complexity index is 1770. The second-order valence-electron chi connectivity index (χ2n) is 14.3. The molecule has 7 rings (SSSR count). The number of hydrogen-bond acceptors (Lipinski definition) is 1. The number of hydrogen-bond donors (Lipinski definition) is 1. The molecule has 0 unspecified atom stereocenters. The molecule has 42 heavy (non-hydrogen) atoms. The number of amides is 1. The van der Waals surface area contributed by atoms with Gasteiger partial charge in [-0.2, -0.15) is 0 Å². The van der Waals surface area contributed by atoms with E-state index >= 15 is 0 Å². The van der Waals surface area contributed by atoms with E-state index in [2.05, 4.69) is 106 Å². The molecule has 0 aliphatic heterocycles. The smallest absolute Gasteiger partial charge is 0.220 e. The predicted octanol–water partition coefficient (Wildman–Crippen LogP) is 9.86. The van der Waals surface area contributed by atoms with Crippen molar-refractivity contribution in [2.24, 2.45) is 11.3 Å². The molecule has 1 N–H and O–H groups in total. The zero-order valence-corrected chi connectivity index (χ0v) is 25.9. The average Bonchev–Trinajstić information content (AvgIpc) is 2.99. The Morgan fingerprint density at radius 3 is 2.43 bits per heavy atom. The Kier molecular flexibility index (Phi) is 6.80. The summed E-state index contributed by atoms with van der Waals surface area (Å²) in [4.78, 5) is 13.2. The van der Waals surface area contributed by atoms with Crippen LogP contribution in [0.25, 0.3) is 32.3 Å². The first-order valence-corrected chi connectivity index (χ1v) is 16.3. The van der Waals surface area contributed by atoms with Gasteiger partial charge in [0, 0.05) is 13.0 Å². The number of rotatable bonds is 7. The fraction of sp³-hybridized carbons (Fsp3) is 0.425. The van der Waals surface area contributed by atoms with Crippen LogP contribution >= 0.6 is 0 Å². The van der Waals surface area contributed by atoms with E-state index in [9.17, 15) is 4.79 Å². The molecule has 0 aromatic heterocycles. The molecule has 0 heterocycles. The molecule has 1 amide bonds. The molecule has 5 aromatic carbocycles. The van der Waals surface area contributed by atoms with Crippen molar-refractivity contribution < 1.29 is 4.79 Å². The molecule has 2 heteroatoms. The third-order valence-corrected chi connectivity index (χ3v) is 11.3. The van der Waals surface area contributed by atoms with Gasteiger partial charge in [0.2, 0.25) is 5.91 Å². The highest BCUT2D eigenvalue weighted by atomic mass is 16.1. The quantitative estimate of drug-likeness (QED) is 0.199. The Morgan fingerprint density at radius 2 is 1.64 bits per heavy atom. The Labute approximate surface area is 251 Å². The van der Waals surface area contributed by atoms with Crippen molar-refractivity contribution in [3.8, 4) is 0 Å². The summed E-state index contributed by atoms with van der Waals surface area (Å²) in [5.74, 6) is 1.38. The van der Waals surface area contributed by atoms with Crippen LogP contribution in [0.15, 0.2) is 72.8 Å². The second-order valence-corrected chi connectivity index (χ2v) is 14.3. The zero-order valence-electron chi connectivity index (χ0n) is 25.9. The molecule has 1 saturated carbocycles. The Balaban J connectivity index is 1.02. The lowest BCUT2D eigenvalue weighted by atomic mass is 9.49. The number of fused-ring (bicyclic) bond motifs is 3. The van der Waals surface area contributed by atoms with Gasteiger partial charge in [-0.3, -0.25) is 4.79 Å². The number of nitrogens with one attached hydrogen (secondary N) is 1. The molecule has 1 fully saturated rings. The van der Waals surface area contributed by atoms with Crippen LogP contribution in [0, 0.1) is 11.3 Å². The van der Waals surface area contributed by atoms with E-state index in [0.717, 1.165) is 19.4 Å². The largest absolute Gasteiger partial charge is 0.356 e. The summed E-state index contributed by atoms with van der Waals surface area (Å²) >= 11 is 0. The summed E-state index contributed by atoms with van der Waals surface area (Å²) in [6.45, 7) is 10.3. The van der Waals surface area contributed by atoms with E-state index in [1.807, 2.05) is 0 Å². The van der Waals surface area contributed by atoms with Crippen LogP contribution in [-0.2, 0) is 23.1 Å².